The molecule has 2 fully saturated rings. The molecule has 0 radical (unpaired) electrons. The van der Waals surface area contributed by atoms with Crippen LogP contribution in [0.5, 0.6) is 0 Å². The average molecular weight is 470 g/mol. The first-order valence-electron chi connectivity index (χ1n) is 11.2. The number of carbonyl (C=O) groups excluding carboxylic acids is 1. The quantitative estimate of drug-likeness (QED) is 0.562. The van der Waals surface area contributed by atoms with Gasteiger partial charge >= 0.3 is 0 Å². The number of aryl methyl sites for hydroxylation is 1. The predicted molar refractivity (Wildman–Crippen MR) is 125 cm³/mol. The van der Waals surface area contributed by atoms with Crippen LogP contribution < -0.4 is 10.6 Å². The summed E-state index contributed by atoms with van der Waals surface area (Å²) in [4.78, 5) is 22.1. The Labute approximate surface area is 192 Å². The molecule has 33 heavy (non-hydrogen) atoms. The maximum Gasteiger partial charge on any atom is 0.228 e. The zero-order valence-corrected chi connectivity index (χ0v) is 19.5. The molecule has 5 rings (SSSR count). The van der Waals surface area contributed by atoms with Crippen molar-refractivity contribution in [1.82, 2.24) is 14.5 Å². The van der Waals surface area contributed by atoms with E-state index in [0.717, 1.165) is 37.9 Å². The van der Waals surface area contributed by atoms with Gasteiger partial charge in [-0.25, -0.2) is 18.4 Å². The van der Waals surface area contributed by atoms with Crippen LogP contribution >= 0.6 is 0 Å². The number of carbonyl (C=O) groups is 1. The van der Waals surface area contributed by atoms with Gasteiger partial charge in [0.1, 0.15) is 23.4 Å². The van der Waals surface area contributed by atoms with Gasteiger partial charge in [0.25, 0.3) is 0 Å². The number of anilines is 3. The number of benzene rings is 1. The fourth-order valence-corrected chi connectivity index (χ4v) is 5.06. The van der Waals surface area contributed by atoms with Crippen LogP contribution in [0.2, 0.25) is 0 Å². The number of ether oxygens (including phenoxy) is 1. The molecule has 1 atom stereocenters. The minimum Gasteiger partial charge on any atom is -0.358 e. The molecule has 174 valence electrons. The molecule has 0 spiro atoms. The van der Waals surface area contributed by atoms with Gasteiger partial charge in [-0.15, -0.1) is 0 Å². The molecule has 3 heterocycles. The molecular formula is C23H27N5O4S. The van der Waals surface area contributed by atoms with Gasteiger partial charge in [-0.1, -0.05) is 12.1 Å². The molecule has 1 amide bonds. The second kappa shape index (κ2) is 8.42. The molecule has 2 N–H and O–H groups in total. The number of sulfone groups is 1. The number of nitrogens with zero attached hydrogens (tertiary/aromatic N) is 3. The molecule has 1 aromatic carbocycles. The Bertz CT molecular complexity index is 1320. The van der Waals surface area contributed by atoms with Crippen molar-refractivity contribution in [2.45, 2.75) is 50.2 Å². The Kier molecular flexibility index (Phi) is 5.57. The Morgan fingerprint density at radius 2 is 1.91 bits per heavy atom. The molecule has 2 aliphatic rings. The third-order valence-electron chi connectivity index (χ3n) is 6.02. The van der Waals surface area contributed by atoms with Crippen molar-refractivity contribution in [3.63, 3.8) is 0 Å². The van der Waals surface area contributed by atoms with Crippen molar-refractivity contribution in [3.05, 3.63) is 36.2 Å². The van der Waals surface area contributed by atoms with E-state index in [1.165, 1.54) is 6.26 Å². The highest BCUT2D eigenvalue weighted by Crippen LogP contribution is 2.35. The second-order valence-electron chi connectivity index (χ2n) is 8.73. The molecule has 9 nitrogen and oxygen atoms in total. The van der Waals surface area contributed by atoms with Gasteiger partial charge in [0, 0.05) is 24.8 Å². The number of nitrogens with one attached hydrogen (secondary N) is 2. The van der Waals surface area contributed by atoms with Gasteiger partial charge < -0.3 is 15.4 Å². The SMILES string of the molecule is Cc1nc2c(Nc3ccccc3S(C)(=O)=O)cc(NC(=O)C3CC3)nc2n1C1CCCCO1. The molecule has 0 bridgehead atoms. The highest BCUT2D eigenvalue weighted by atomic mass is 32.2. The summed E-state index contributed by atoms with van der Waals surface area (Å²) in [5.41, 5.74) is 2.19. The van der Waals surface area contributed by atoms with Crippen LogP contribution in [0.25, 0.3) is 11.2 Å². The molecule has 2 aromatic heterocycles. The monoisotopic (exact) mass is 469 g/mol. The van der Waals surface area contributed by atoms with Crippen molar-refractivity contribution in [1.29, 1.82) is 0 Å². The van der Waals surface area contributed by atoms with Gasteiger partial charge in [0.15, 0.2) is 15.5 Å². The largest absolute Gasteiger partial charge is 0.358 e. The maximum atomic E-state index is 12.5. The van der Waals surface area contributed by atoms with E-state index in [-0.39, 0.29) is 22.9 Å². The summed E-state index contributed by atoms with van der Waals surface area (Å²) < 4.78 is 32.6. The highest BCUT2D eigenvalue weighted by molar-refractivity contribution is 7.90. The van der Waals surface area contributed by atoms with Crippen LogP contribution in [0.3, 0.4) is 0 Å². The van der Waals surface area contributed by atoms with E-state index in [2.05, 4.69) is 10.6 Å². The lowest BCUT2D eigenvalue weighted by atomic mass is 10.2. The number of hydrogen-bond donors (Lipinski definition) is 2. The summed E-state index contributed by atoms with van der Waals surface area (Å²) in [6.07, 6.45) is 5.69. The third-order valence-corrected chi connectivity index (χ3v) is 7.18. The van der Waals surface area contributed by atoms with E-state index in [9.17, 15) is 13.2 Å². The first-order chi connectivity index (χ1) is 15.8. The lowest BCUT2D eigenvalue weighted by Crippen LogP contribution is -2.20. The van der Waals surface area contributed by atoms with E-state index in [0.29, 0.717) is 35.0 Å². The first kappa shape index (κ1) is 21.8. The molecule has 1 unspecified atom stereocenters. The zero-order chi connectivity index (χ0) is 23.2. The minimum absolute atomic E-state index is 0.0261. The number of aromatic nitrogens is 3. The summed E-state index contributed by atoms with van der Waals surface area (Å²) in [5, 5.41) is 6.15. The number of para-hydroxylation sites is 1. The highest BCUT2D eigenvalue weighted by Gasteiger charge is 2.30. The average Bonchev–Trinajstić information content (AvgIpc) is 3.57. The lowest BCUT2D eigenvalue weighted by Gasteiger charge is -2.25. The maximum absolute atomic E-state index is 12.5. The summed E-state index contributed by atoms with van der Waals surface area (Å²) in [7, 11) is -3.45. The van der Waals surface area contributed by atoms with Crippen LogP contribution in [0.15, 0.2) is 35.2 Å². The number of hydrogen-bond acceptors (Lipinski definition) is 7. The smallest absolute Gasteiger partial charge is 0.228 e. The molecule has 1 aliphatic carbocycles. The van der Waals surface area contributed by atoms with Gasteiger partial charge in [-0.2, -0.15) is 0 Å². The van der Waals surface area contributed by atoms with E-state index < -0.39 is 9.84 Å². The summed E-state index contributed by atoms with van der Waals surface area (Å²) >= 11 is 0. The molecular weight excluding hydrogens is 442 g/mol. The van der Waals surface area contributed by atoms with Crippen LogP contribution in [-0.2, 0) is 19.4 Å². The molecule has 3 aromatic rings. The Morgan fingerprint density at radius 1 is 1.12 bits per heavy atom. The summed E-state index contributed by atoms with van der Waals surface area (Å²) in [6, 6.07) is 8.43. The van der Waals surface area contributed by atoms with Crippen molar-refractivity contribution in [2.24, 2.45) is 5.92 Å². The van der Waals surface area contributed by atoms with E-state index in [1.54, 1.807) is 30.3 Å². The number of rotatable bonds is 6. The first-order valence-corrected chi connectivity index (χ1v) is 13.1. The predicted octanol–water partition coefficient (Wildman–Crippen LogP) is 3.93. The van der Waals surface area contributed by atoms with Crippen molar-refractivity contribution < 1.29 is 17.9 Å². The topological polar surface area (TPSA) is 115 Å². The van der Waals surface area contributed by atoms with E-state index >= 15 is 0 Å². The van der Waals surface area contributed by atoms with Crippen molar-refractivity contribution in [3.8, 4) is 0 Å². The van der Waals surface area contributed by atoms with E-state index in [4.69, 9.17) is 14.7 Å². The molecule has 1 saturated heterocycles. The fourth-order valence-electron chi connectivity index (χ4n) is 4.22. The van der Waals surface area contributed by atoms with Crippen molar-refractivity contribution >= 4 is 44.1 Å². The number of fused-ring (bicyclic) bond motifs is 1. The Balaban J connectivity index is 1.63. The number of pyridine rings is 1. The third kappa shape index (κ3) is 4.45. The normalized spacial score (nSPS) is 18.9. The number of amides is 1. The van der Waals surface area contributed by atoms with Crippen LogP contribution in [-0.4, -0.2) is 41.7 Å². The minimum atomic E-state index is -3.45. The standard InChI is InChI=1S/C23H27N5O4S/c1-14-24-21-17(25-16-7-3-4-8-18(16)33(2,30)31)13-19(27-23(29)15-10-11-15)26-22(21)28(14)20-9-5-6-12-32-20/h3-4,7-8,13,15,20H,5-6,9-12H2,1-2H3,(H2,25,26,27,29). The summed E-state index contributed by atoms with van der Waals surface area (Å²) in [6.45, 7) is 2.57. The van der Waals surface area contributed by atoms with Gasteiger partial charge in [0.2, 0.25) is 5.91 Å². The Morgan fingerprint density at radius 3 is 2.61 bits per heavy atom. The fraction of sp³-hybridized carbons (Fsp3) is 0.435. The van der Waals surface area contributed by atoms with Gasteiger partial charge in [-0.05, 0) is 51.2 Å². The van der Waals surface area contributed by atoms with Crippen LogP contribution in [0.1, 0.15) is 44.2 Å². The lowest BCUT2D eigenvalue weighted by molar-refractivity contribution is -0.117. The summed E-state index contributed by atoms with van der Waals surface area (Å²) in [5.74, 6) is 1.12. The number of imidazole rings is 1. The molecule has 1 saturated carbocycles. The van der Waals surface area contributed by atoms with Crippen LogP contribution in [0.4, 0.5) is 17.2 Å². The van der Waals surface area contributed by atoms with Crippen LogP contribution in [0, 0.1) is 12.8 Å². The zero-order valence-electron chi connectivity index (χ0n) is 18.7. The van der Waals surface area contributed by atoms with E-state index in [1.807, 2.05) is 11.5 Å². The van der Waals surface area contributed by atoms with Gasteiger partial charge in [0.05, 0.1) is 16.3 Å². The molecule has 1 aliphatic heterocycles. The van der Waals surface area contributed by atoms with Crippen molar-refractivity contribution in [2.75, 3.05) is 23.5 Å². The Hall–Kier alpha value is -2.98. The molecule has 10 heteroatoms. The second-order valence-corrected chi connectivity index (χ2v) is 10.7. The van der Waals surface area contributed by atoms with Gasteiger partial charge in [-0.3, -0.25) is 9.36 Å².